The molecule has 0 spiro atoms. The van der Waals surface area contributed by atoms with Crippen LogP contribution in [0, 0.1) is 0 Å². The summed E-state index contributed by atoms with van der Waals surface area (Å²) in [5.41, 5.74) is 3.84. The van der Waals surface area contributed by atoms with E-state index < -0.39 is 0 Å². The smallest absolute Gasteiger partial charge is 0.259 e. The molecule has 0 heterocycles. The van der Waals surface area contributed by atoms with Gasteiger partial charge >= 0.3 is 0 Å². The van der Waals surface area contributed by atoms with Crippen molar-refractivity contribution in [2.24, 2.45) is 5.10 Å². The fourth-order valence-corrected chi connectivity index (χ4v) is 2.62. The van der Waals surface area contributed by atoms with E-state index >= 15 is 0 Å². The molecule has 0 atom stereocenters. The van der Waals surface area contributed by atoms with Gasteiger partial charge in [-0.1, -0.05) is 11.6 Å². The summed E-state index contributed by atoms with van der Waals surface area (Å²) in [6.07, 6.45) is 1.46. The average Bonchev–Trinajstić information content (AvgIpc) is 2.55. The second-order valence-electron chi connectivity index (χ2n) is 4.70. The molecule has 24 heavy (non-hydrogen) atoms. The quantitative estimate of drug-likeness (QED) is 0.502. The molecular formula is C16H15BrClN3O3. The Hall–Kier alpha value is -2.25. The molecule has 0 aromatic heterocycles. The number of benzene rings is 2. The minimum Gasteiger partial charge on any atom is -0.504 e. The van der Waals surface area contributed by atoms with Gasteiger partial charge in [-0.2, -0.15) is 5.10 Å². The van der Waals surface area contributed by atoms with Crippen LogP contribution in [0.5, 0.6) is 11.5 Å². The van der Waals surface area contributed by atoms with Crippen molar-refractivity contribution < 1.29 is 14.6 Å². The predicted octanol–water partition coefficient (Wildman–Crippen LogP) is 3.38. The summed E-state index contributed by atoms with van der Waals surface area (Å²) in [4.78, 5) is 11.8. The highest BCUT2D eigenvalue weighted by atomic mass is 79.9. The van der Waals surface area contributed by atoms with Crippen LogP contribution in [0.15, 0.2) is 46.0 Å². The Morgan fingerprint density at radius 1 is 1.38 bits per heavy atom. The van der Waals surface area contributed by atoms with Crippen molar-refractivity contribution in [2.45, 2.75) is 0 Å². The number of anilines is 1. The van der Waals surface area contributed by atoms with E-state index in [0.717, 1.165) is 10.2 Å². The highest BCUT2D eigenvalue weighted by molar-refractivity contribution is 9.10. The van der Waals surface area contributed by atoms with Gasteiger partial charge in [0.1, 0.15) is 0 Å². The zero-order chi connectivity index (χ0) is 17.5. The molecule has 0 saturated heterocycles. The number of carbonyl (C=O) groups excluding carboxylic acids is 1. The summed E-state index contributed by atoms with van der Waals surface area (Å²) in [5.74, 6) is 0.0646. The first-order chi connectivity index (χ1) is 11.5. The van der Waals surface area contributed by atoms with Crippen molar-refractivity contribution in [1.82, 2.24) is 5.43 Å². The van der Waals surface area contributed by atoms with Gasteiger partial charge in [0.25, 0.3) is 5.91 Å². The fourth-order valence-electron chi connectivity index (χ4n) is 1.80. The summed E-state index contributed by atoms with van der Waals surface area (Å²) in [7, 11) is 1.46. The molecule has 8 heteroatoms. The molecule has 0 saturated carbocycles. The summed E-state index contributed by atoms with van der Waals surface area (Å²) in [6.45, 7) is 0.0521. The summed E-state index contributed by atoms with van der Waals surface area (Å²) in [6, 6.07) is 9.97. The van der Waals surface area contributed by atoms with Crippen molar-refractivity contribution in [2.75, 3.05) is 19.0 Å². The number of hydrogen-bond donors (Lipinski definition) is 3. The Morgan fingerprint density at radius 3 is 2.88 bits per heavy atom. The fraction of sp³-hybridized carbons (Fsp3) is 0.125. The highest BCUT2D eigenvalue weighted by Crippen LogP contribution is 2.26. The third kappa shape index (κ3) is 5.14. The molecule has 126 valence electrons. The maximum absolute atomic E-state index is 11.8. The molecule has 2 aromatic rings. The van der Waals surface area contributed by atoms with Crippen LogP contribution in [0.1, 0.15) is 5.56 Å². The van der Waals surface area contributed by atoms with E-state index in [9.17, 15) is 9.90 Å². The lowest BCUT2D eigenvalue weighted by Gasteiger charge is -2.07. The largest absolute Gasteiger partial charge is 0.504 e. The number of carbonyl (C=O) groups is 1. The molecule has 3 N–H and O–H groups in total. The predicted molar refractivity (Wildman–Crippen MR) is 98.0 cm³/mol. The molecule has 0 radical (unpaired) electrons. The number of phenols is 1. The number of methoxy groups -OCH3 is 1. The zero-order valence-electron chi connectivity index (χ0n) is 12.7. The standard InChI is InChI=1S/C16H15BrClN3O3/c1-24-15-6-10(2-5-14(15)22)8-20-21-16(23)9-19-13-4-3-11(18)7-12(13)17/h2-8,19,22H,9H2,1H3,(H,21,23)/b20-8-. The number of amides is 1. The van der Waals surface area contributed by atoms with Gasteiger partial charge in [-0.25, -0.2) is 5.43 Å². The van der Waals surface area contributed by atoms with Gasteiger partial charge < -0.3 is 15.2 Å². The van der Waals surface area contributed by atoms with E-state index in [-0.39, 0.29) is 18.2 Å². The van der Waals surface area contributed by atoms with Gasteiger partial charge in [0, 0.05) is 15.2 Å². The number of halogens is 2. The molecule has 0 aliphatic carbocycles. The molecule has 2 rings (SSSR count). The molecular weight excluding hydrogens is 398 g/mol. The number of nitrogens with one attached hydrogen (secondary N) is 2. The van der Waals surface area contributed by atoms with Gasteiger partial charge in [0.15, 0.2) is 11.5 Å². The second kappa shape index (κ2) is 8.56. The normalized spacial score (nSPS) is 10.6. The number of nitrogens with zero attached hydrogens (tertiary/aromatic N) is 1. The van der Waals surface area contributed by atoms with Crippen LogP contribution < -0.4 is 15.5 Å². The van der Waals surface area contributed by atoms with Crippen LogP contribution in [0.3, 0.4) is 0 Å². The molecule has 0 aliphatic rings. The van der Waals surface area contributed by atoms with Crippen molar-refractivity contribution in [1.29, 1.82) is 0 Å². The minimum absolute atomic E-state index is 0.0384. The molecule has 1 amide bonds. The summed E-state index contributed by atoms with van der Waals surface area (Å²) in [5, 5.41) is 16.9. The molecule has 2 aromatic carbocycles. The lowest BCUT2D eigenvalue weighted by Crippen LogP contribution is -2.26. The topological polar surface area (TPSA) is 83.0 Å². The van der Waals surface area contributed by atoms with E-state index in [1.54, 1.807) is 30.3 Å². The van der Waals surface area contributed by atoms with Crippen LogP contribution in [-0.2, 0) is 4.79 Å². The van der Waals surface area contributed by atoms with E-state index in [1.807, 2.05) is 0 Å². The zero-order valence-corrected chi connectivity index (χ0v) is 15.1. The van der Waals surface area contributed by atoms with E-state index in [4.69, 9.17) is 16.3 Å². The number of aromatic hydroxyl groups is 1. The maximum Gasteiger partial charge on any atom is 0.259 e. The molecule has 0 aliphatic heterocycles. The van der Waals surface area contributed by atoms with Crippen LogP contribution in [-0.4, -0.2) is 30.9 Å². The third-order valence-corrected chi connectivity index (χ3v) is 3.87. The van der Waals surface area contributed by atoms with Crippen molar-refractivity contribution in [3.05, 3.63) is 51.5 Å². The Labute approximate surface area is 152 Å². The molecule has 0 unspecified atom stereocenters. The van der Waals surface area contributed by atoms with Crippen LogP contribution in [0.2, 0.25) is 5.02 Å². The number of phenolic OH excluding ortho intramolecular Hbond substituents is 1. The first-order valence-corrected chi connectivity index (χ1v) is 8.04. The Balaban J connectivity index is 1.86. The van der Waals surface area contributed by atoms with Crippen molar-refractivity contribution >= 4 is 45.3 Å². The van der Waals surface area contributed by atoms with Crippen LogP contribution in [0.4, 0.5) is 5.69 Å². The van der Waals surface area contributed by atoms with Gasteiger partial charge in [0.05, 0.1) is 19.9 Å². The number of hydrazone groups is 1. The lowest BCUT2D eigenvalue weighted by molar-refractivity contribution is -0.119. The Bertz CT molecular complexity index is 768. The first kappa shape index (κ1) is 18.1. The highest BCUT2D eigenvalue weighted by Gasteiger charge is 2.04. The summed E-state index contributed by atoms with van der Waals surface area (Å²) < 4.78 is 5.76. The number of rotatable bonds is 6. The monoisotopic (exact) mass is 411 g/mol. The Kier molecular flexibility index (Phi) is 6.45. The van der Waals surface area contributed by atoms with Crippen LogP contribution >= 0.6 is 27.5 Å². The lowest BCUT2D eigenvalue weighted by atomic mass is 10.2. The van der Waals surface area contributed by atoms with Gasteiger partial charge in [-0.3, -0.25) is 4.79 Å². The summed E-state index contributed by atoms with van der Waals surface area (Å²) >= 11 is 9.22. The van der Waals surface area contributed by atoms with Gasteiger partial charge in [-0.05, 0) is 57.9 Å². The Morgan fingerprint density at radius 2 is 2.17 bits per heavy atom. The van der Waals surface area contributed by atoms with E-state index in [2.05, 4.69) is 31.8 Å². The minimum atomic E-state index is -0.307. The number of hydrogen-bond acceptors (Lipinski definition) is 5. The van der Waals surface area contributed by atoms with Crippen molar-refractivity contribution in [3.8, 4) is 11.5 Å². The molecule has 6 nitrogen and oxygen atoms in total. The molecule has 0 bridgehead atoms. The number of ether oxygens (including phenoxy) is 1. The van der Waals surface area contributed by atoms with E-state index in [0.29, 0.717) is 16.3 Å². The molecule has 0 fully saturated rings. The maximum atomic E-state index is 11.8. The SMILES string of the molecule is COc1cc(/C=N\NC(=O)CNc2ccc(Cl)cc2Br)ccc1O. The first-order valence-electron chi connectivity index (χ1n) is 6.87. The second-order valence-corrected chi connectivity index (χ2v) is 5.99. The van der Waals surface area contributed by atoms with Crippen LogP contribution in [0.25, 0.3) is 0 Å². The average molecular weight is 413 g/mol. The van der Waals surface area contributed by atoms with Crippen molar-refractivity contribution in [3.63, 3.8) is 0 Å². The van der Waals surface area contributed by atoms with Gasteiger partial charge in [0.2, 0.25) is 0 Å². The third-order valence-electron chi connectivity index (χ3n) is 2.98. The van der Waals surface area contributed by atoms with Gasteiger partial charge in [-0.15, -0.1) is 0 Å². The van der Waals surface area contributed by atoms with E-state index in [1.165, 1.54) is 19.4 Å².